The molecule has 2 aromatic rings. The fraction of sp³-hybridized carbons (Fsp3) is 0.500. The van der Waals surface area contributed by atoms with Crippen LogP contribution in [0.5, 0.6) is 5.75 Å². The Bertz CT molecular complexity index is 620. The van der Waals surface area contributed by atoms with Crippen LogP contribution in [0, 0.1) is 6.92 Å². The van der Waals surface area contributed by atoms with E-state index in [1.165, 1.54) is 0 Å². The van der Waals surface area contributed by atoms with Crippen LogP contribution in [-0.4, -0.2) is 14.9 Å². The fourth-order valence-corrected chi connectivity index (χ4v) is 2.45. The molecule has 1 N–H and O–H groups in total. The van der Waals surface area contributed by atoms with E-state index in [1.807, 2.05) is 36.0 Å². The van der Waals surface area contributed by atoms with Crippen molar-refractivity contribution < 1.29 is 5.11 Å². The van der Waals surface area contributed by atoms with Gasteiger partial charge in [0.05, 0.1) is 11.4 Å². The summed E-state index contributed by atoms with van der Waals surface area (Å²) in [6.07, 6.45) is 1.96. The van der Waals surface area contributed by atoms with Crippen molar-refractivity contribution in [3.8, 4) is 11.4 Å². The van der Waals surface area contributed by atoms with E-state index in [9.17, 15) is 5.11 Å². The van der Waals surface area contributed by atoms with Crippen LogP contribution in [0.3, 0.4) is 0 Å². The third-order valence-electron chi connectivity index (χ3n) is 3.70. The van der Waals surface area contributed by atoms with E-state index in [2.05, 4.69) is 46.6 Å². The minimum Gasteiger partial charge on any atom is -0.507 e. The van der Waals surface area contributed by atoms with Gasteiger partial charge in [0.15, 0.2) is 0 Å². The molecule has 0 spiro atoms. The van der Waals surface area contributed by atoms with Crippen molar-refractivity contribution in [3.05, 3.63) is 41.2 Å². The van der Waals surface area contributed by atoms with Crippen LogP contribution in [0.4, 0.5) is 0 Å². The Morgan fingerprint density at radius 1 is 0.952 bits per heavy atom. The van der Waals surface area contributed by atoms with Gasteiger partial charge in [0.2, 0.25) is 0 Å². The summed E-state index contributed by atoms with van der Waals surface area (Å²) in [5.41, 5.74) is 3.65. The highest BCUT2D eigenvalue weighted by Gasteiger charge is 2.26. The van der Waals surface area contributed by atoms with E-state index in [4.69, 9.17) is 0 Å². The summed E-state index contributed by atoms with van der Waals surface area (Å²) in [5.74, 6) is 0.405. The highest BCUT2D eigenvalue weighted by atomic mass is 16.3. The van der Waals surface area contributed by atoms with Gasteiger partial charge in [-0.1, -0.05) is 41.5 Å². The topological polar surface area (TPSA) is 38.0 Å². The maximum Gasteiger partial charge on any atom is 0.123 e. The zero-order valence-electron chi connectivity index (χ0n) is 14.2. The lowest BCUT2D eigenvalue weighted by Crippen LogP contribution is -2.18. The van der Waals surface area contributed by atoms with E-state index in [1.54, 1.807) is 0 Å². The van der Waals surface area contributed by atoms with Gasteiger partial charge in [-0.3, -0.25) is 0 Å². The van der Waals surface area contributed by atoms with E-state index in [0.29, 0.717) is 5.75 Å². The van der Waals surface area contributed by atoms with Crippen LogP contribution in [0.15, 0.2) is 24.4 Å². The van der Waals surface area contributed by atoms with Gasteiger partial charge < -0.3 is 5.11 Å². The first-order valence-corrected chi connectivity index (χ1v) is 7.41. The number of benzene rings is 1. The number of hydrogen-bond acceptors (Lipinski definition) is 2. The van der Waals surface area contributed by atoms with Crippen molar-refractivity contribution >= 4 is 0 Å². The molecule has 1 aromatic carbocycles. The van der Waals surface area contributed by atoms with Crippen LogP contribution in [0.1, 0.15) is 58.4 Å². The number of phenols is 1. The molecule has 114 valence electrons. The van der Waals surface area contributed by atoms with Crippen LogP contribution in [0.25, 0.3) is 5.69 Å². The largest absolute Gasteiger partial charge is 0.507 e. The Balaban J connectivity index is 2.74. The zero-order valence-corrected chi connectivity index (χ0v) is 14.2. The standard InChI is InChI=1S/C18H26N2O/c1-12-8-9-20(19-12)13-10-14(17(2,3)4)16(21)15(11-13)18(5,6)7/h8-11,21H,1-7H3. The molecule has 3 nitrogen and oxygen atoms in total. The highest BCUT2D eigenvalue weighted by molar-refractivity contribution is 5.54. The molecule has 0 aliphatic rings. The molecule has 3 heteroatoms. The molecule has 0 saturated heterocycles. The molecule has 2 rings (SSSR count). The Labute approximate surface area is 127 Å². The van der Waals surface area contributed by atoms with Crippen molar-refractivity contribution in [3.63, 3.8) is 0 Å². The molecule has 1 heterocycles. The lowest BCUT2D eigenvalue weighted by Gasteiger charge is -2.28. The van der Waals surface area contributed by atoms with Crippen molar-refractivity contribution in [2.45, 2.75) is 59.3 Å². The van der Waals surface area contributed by atoms with Gasteiger partial charge in [-0.05, 0) is 36.0 Å². The Kier molecular flexibility index (Phi) is 3.64. The maximum atomic E-state index is 10.7. The zero-order chi connectivity index (χ0) is 16.0. The predicted octanol–water partition coefficient (Wildman–Crippen LogP) is 4.48. The van der Waals surface area contributed by atoms with E-state index in [-0.39, 0.29) is 10.8 Å². The van der Waals surface area contributed by atoms with Crippen LogP contribution >= 0.6 is 0 Å². The van der Waals surface area contributed by atoms with Crippen LogP contribution < -0.4 is 0 Å². The second kappa shape index (κ2) is 4.90. The molecule has 0 fully saturated rings. The van der Waals surface area contributed by atoms with E-state index >= 15 is 0 Å². The number of rotatable bonds is 1. The number of nitrogens with zero attached hydrogens (tertiary/aromatic N) is 2. The molecular formula is C18H26N2O. The average Bonchev–Trinajstić information content (AvgIpc) is 2.73. The first-order chi connectivity index (χ1) is 9.50. The number of aryl methyl sites for hydroxylation is 1. The SMILES string of the molecule is Cc1ccn(-c2cc(C(C)(C)C)c(O)c(C(C)(C)C)c2)n1. The van der Waals surface area contributed by atoms with Gasteiger partial charge in [0, 0.05) is 17.3 Å². The lowest BCUT2D eigenvalue weighted by atomic mass is 9.79. The first-order valence-electron chi connectivity index (χ1n) is 7.41. The number of hydrogen-bond donors (Lipinski definition) is 1. The molecule has 0 saturated carbocycles. The molecule has 0 bridgehead atoms. The first kappa shape index (κ1) is 15.6. The lowest BCUT2D eigenvalue weighted by molar-refractivity contribution is 0.423. The fourth-order valence-electron chi connectivity index (χ4n) is 2.45. The van der Waals surface area contributed by atoms with Gasteiger partial charge in [0.1, 0.15) is 5.75 Å². The molecule has 1 aromatic heterocycles. The third kappa shape index (κ3) is 3.12. The average molecular weight is 286 g/mol. The van der Waals surface area contributed by atoms with Gasteiger partial charge in [-0.2, -0.15) is 5.10 Å². The summed E-state index contributed by atoms with van der Waals surface area (Å²) in [4.78, 5) is 0. The summed E-state index contributed by atoms with van der Waals surface area (Å²) < 4.78 is 1.87. The quantitative estimate of drug-likeness (QED) is 0.839. The van der Waals surface area contributed by atoms with E-state index in [0.717, 1.165) is 22.5 Å². The Morgan fingerprint density at radius 2 is 1.43 bits per heavy atom. The Morgan fingerprint density at radius 3 is 1.76 bits per heavy atom. The van der Waals surface area contributed by atoms with Gasteiger partial charge in [-0.25, -0.2) is 4.68 Å². The molecule has 0 aliphatic heterocycles. The van der Waals surface area contributed by atoms with Crippen LogP contribution in [0.2, 0.25) is 0 Å². The summed E-state index contributed by atoms with van der Waals surface area (Å²) in [6.45, 7) is 14.7. The number of aromatic nitrogens is 2. The minimum absolute atomic E-state index is 0.123. The van der Waals surface area contributed by atoms with Crippen LogP contribution in [-0.2, 0) is 10.8 Å². The smallest absolute Gasteiger partial charge is 0.123 e. The molecule has 21 heavy (non-hydrogen) atoms. The van der Waals surface area contributed by atoms with Crippen molar-refractivity contribution in [1.82, 2.24) is 9.78 Å². The number of phenolic OH excluding ortho intramolecular Hbond substituents is 1. The monoisotopic (exact) mass is 286 g/mol. The van der Waals surface area contributed by atoms with Crippen molar-refractivity contribution in [1.29, 1.82) is 0 Å². The molecule has 0 atom stereocenters. The van der Waals surface area contributed by atoms with Gasteiger partial charge in [0.25, 0.3) is 0 Å². The van der Waals surface area contributed by atoms with Gasteiger partial charge in [-0.15, -0.1) is 0 Å². The molecule has 0 amide bonds. The number of aromatic hydroxyl groups is 1. The summed E-state index contributed by atoms with van der Waals surface area (Å²) >= 11 is 0. The third-order valence-corrected chi connectivity index (χ3v) is 3.70. The second-order valence-corrected chi connectivity index (χ2v) is 7.79. The molecular weight excluding hydrogens is 260 g/mol. The Hall–Kier alpha value is -1.77. The summed E-state index contributed by atoms with van der Waals surface area (Å²) in [7, 11) is 0. The molecule has 0 aliphatic carbocycles. The second-order valence-electron chi connectivity index (χ2n) is 7.79. The summed E-state index contributed by atoms with van der Waals surface area (Å²) in [6, 6.07) is 6.06. The minimum atomic E-state index is -0.123. The maximum absolute atomic E-state index is 10.7. The normalized spacial score (nSPS) is 12.7. The van der Waals surface area contributed by atoms with Crippen molar-refractivity contribution in [2.24, 2.45) is 0 Å². The molecule has 0 radical (unpaired) electrons. The molecule has 0 unspecified atom stereocenters. The predicted molar refractivity (Wildman–Crippen MR) is 87.4 cm³/mol. The summed E-state index contributed by atoms with van der Waals surface area (Å²) in [5, 5.41) is 15.2. The van der Waals surface area contributed by atoms with Crippen molar-refractivity contribution in [2.75, 3.05) is 0 Å². The van der Waals surface area contributed by atoms with Gasteiger partial charge >= 0.3 is 0 Å². The highest BCUT2D eigenvalue weighted by Crippen LogP contribution is 2.40. The van der Waals surface area contributed by atoms with E-state index < -0.39 is 0 Å².